The van der Waals surface area contributed by atoms with E-state index in [-0.39, 0.29) is 29.7 Å². The van der Waals surface area contributed by atoms with Crippen LogP contribution in [0.5, 0.6) is 0 Å². The fraction of sp³-hybridized carbons (Fsp3) is 0.750. The number of hydrogen-bond donors (Lipinski definition) is 3. The van der Waals surface area contributed by atoms with Crippen LogP contribution in [0.15, 0.2) is 0 Å². The Morgan fingerprint density at radius 2 is 2.33 bits per heavy atom. The Morgan fingerprint density at radius 3 is 2.89 bits per heavy atom. The van der Waals surface area contributed by atoms with Crippen molar-refractivity contribution in [3.05, 3.63) is 11.6 Å². The van der Waals surface area contributed by atoms with Crippen LogP contribution in [0.2, 0.25) is 0 Å². The van der Waals surface area contributed by atoms with Crippen molar-refractivity contribution in [1.82, 2.24) is 20.5 Å². The summed E-state index contributed by atoms with van der Waals surface area (Å²) in [6.45, 7) is 4.46. The van der Waals surface area contributed by atoms with Gasteiger partial charge in [0, 0.05) is 18.4 Å². The lowest BCUT2D eigenvalue weighted by Crippen LogP contribution is -2.33. The Morgan fingerprint density at radius 1 is 1.56 bits per heavy atom. The van der Waals surface area contributed by atoms with E-state index in [4.69, 9.17) is 0 Å². The van der Waals surface area contributed by atoms with Crippen LogP contribution in [-0.2, 0) is 0 Å². The molecule has 1 amide bonds. The quantitative estimate of drug-likeness (QED) is 0.740. The number of amides is 1. The van der Waals surface area contributed by atoms with E-state index in [1.165, 1.54) is 0 Å². The van der Waals surface area contributed by atoms with Crippen molar-refractivity contribution < 1.29 is 9.90 Å². The summed E-state index contributed by atoms with van der Waals surface area (Å²) >= 11 is 0. The molecular weight excluding hydrogens is 232 g/mol. The van der Waals surface area contributed by atoms with Crippen molar-refractivity contribution in [1.29, 1.82) is 0 Å². The molecule has 1 fully saturated rings. The average Bonchev–Trinajstić information content (AvgIpc) is 2.94. The van der Waals surface area contributed by atoms with Crippen molar-refractivity contribution in [3.8, 4) is 0 Å². The predicted molar refractivity (Wildman–Crippen MR) is 66.2 cm³/mol. The van der Waals surface area contributed by atoms with Crippen LogP contribution >= 0.6 is 0 Å². The number of carbonyl (C=O) groups excluding carboxylic acids is 1. The molecule has 0 bridgehead atoms. The minimum atomic E-state index is -0.288. The fourth-order valence-electron chi connectivity index (χ4n) is 2.19. The fourth-order valence-corrected chi connectivity index (χ4v) is 2.19. The summed E-state index contributed by atoms with van der Waals surface area (Å²) in [4.78, 5) is 15.9. The van der Waals surface area contributed by atoms with Crippen molar-refractivity contribution in [3.63, 3.8) is 0 Å². The molecule has 1 heterocycles. The normalized spacial score (nSPS) is 23.6. The zero-order valence-electron chi connectivity index (χ0n) is 10.8. The molecule has 3 N–H and O–H groups in total. The summed E-state index contributed by atoms with van der Waals surface area (Å²) in [5, 5.41) is 19.1. The molecule has 0 aliphatic heterocycles. The second-order valence-corrected chi connectivity index (χ2v) is 5.17. The van der Waals surface area contributed by atoms with Crippen LogP contribution in [0.1, 0.15) is 55.5 Å². The predicted octanol–water partition coefficient (Wildman–Crippen LogP) is 0.819. The number of aromatic nitrogens is 3. The van der Waals surface area contributed by atoms with Crippen molar-refractivity contribution in [2.24, 2.45) is 5.92 Å². The minimum Gasteiger partial charge on any atom is -0.393 e. The van der Waals surface area contributed by atoms with Gasteiger partial charge in [0.25, 0.3) is 5.91 Å². The van der Waals surface area contributed by atoms with Gasteiger partial charge >= 0.3 is 0 Å². The molecule has 1 aliphatic carbocycles. The highest BCUT2D eigenvalue weighted by atomic mass is 16.3. The maximum Gasteiger partial charge on any atom is 0.290 e. The maximum absolute atomic E-state index is 11.8. The molecule has 6 nitrogen and oxygen atoms in total. The zero-order valence-corrected chi connectivity index (χ0v) is 10.8. The van der Waals surface area contributed by atoms with Gasteiger partial charge in [0.2, 0.25) is 5.82 Å². The first-order chi connectivity index (χ1) is 8.58. The molecule has 2 atom stereocenters. The summed E-state index contributed by atoms with van der Waals surface area (Å²) in [5.74, 6) is 0.984. The van der Waals surface area contributed by atoms with Gasteiger partial charge < -0.3 is 10.4 Å². The van der Waals surface area contributed by atoms with E-state index in [0.29, 0.717) is 12.4 Å². The van der Waals surface area contributed by atoms with Crippen LogP contribution in [0, 0.1) is 5.92 Å². The summed E-state index contributed by atoms with van der Waals surface area (Å²) in [6.07, 6.45) is 2.54. The van der Waals surface area contributed by atoms with Gasteiger partial charge in [-0.1, -0.05) is 20.3 Å². The summed E-state index contributed by atoms with van der Waals surface area (Å²) in [7, 11) is 0. The molecule has 6 heteroatoms. The number of aliphatic hydroxyl groups is 1. The van der Waals surface area contributed by atoms with Crippen LogP contribution in [0.4, 0.5) is 0 Å². The number of aliphatic hydroxyl groups excluding tert-OH is 1. The number of nitrogens with one attached hydrogen (secondary N) is 2. The molecule has 0 radical (unpaired) electrons. The first-order valence-electron chi connectivity index (χ1n) is 6.46. The lowest BCUT2D eigenvalue weighted by molar-refractivity contribution is 0.0907. The Balaban J connectivity index is 1.87. The molecule has 1 saturated carbocycles. The second-order valence-electron chi connectivity index (χ2n) is 5.17. The molecule has 0 saturated heterocycles. The van der Waals surface area contributed by atoms with Crippen LogP contribution < -0.4 is 5.32 Å². The number of carbonyl (C=O) groups is 1. The summed E-state index contributed by atoms with van der Waals surface area (Å²) in [5.41, 5.74) is 0. The SMILES string of the molecule is CC(C)c1nc(C(=O)NCC2CCCC2O)n[nH]1. The van der Waals surface area contributed by atoms with E-state index in [2.05, 4.69) is 20.5 Å². The Kier molecular flexibility index (Phi) is 3.96. The van der Waals surface area contributed by atoms with E-state index in [1.54, 1.807) is 0 Å². The second kappa shape index (κ2) is 5.48. The molecule has 0 spiro atoms. The Bertz CT molecular complexity index is 416. The molecule has 1 aliphatic rings. The summed E-state index contributed by atoms with van der Waals surface area (Å²) < 4.78 is 0. The van der Waals surface area contributed by atoms with E-state index >= 15 is 0 Å². The van der Waals surface area contributed by atoms with Crippen LogP contribution in [0.25, 0.3) is 0 Å². The topological polar surface area (TPSA) is 90.9 Å². The smallest absolute Gasteiger partial charge is 0.290 e. The van der Waals surface area contributed by atoms with Gasteiger partial charge in [-0.25, -0.2) is 4.98 Å². The molecule has 1 aromatic rings. The van der Waals surface area contributed by atoms with Gasteiger partial charge in [0.15, 0.2) is 0 Å². The van der Waals surface area contributed by atoms with Crippen molar-refractivity contribution in [2.45, 2.75) is 45.1 Å². The van der Waals surface area contributed by atoms with E-state index in [0.717, 1.165) is 19.3 Å². The number of nitrogens with zero attached hydrogens (tertiary/aromatic N) is 2. The highest BCUT2D eigenvalue weighted by Crippen LogP contribution is 2.24. The minimum absolute atomic E-state index is 0.164. The number of aromatic amines is 1. The molecule has 2 rings (SSSR count). The molecule has 100 valence electrons. The molecule has 0 aromatic carbocycles. The first-order valence-corrected chi connectivity index (χ1v) is 6.46. The van der Waals surface area contributed by atoms with Crippen LogP contribution in [0.3, 0.4) is 0 Å². The molecule has 1 aromatic heterocycles. The highest BCUT2D eigenvalue weighted by molar-refractivity contribution is 5.90. The third-order valence-corrected chi connectivity index (χ3v) is 3.40. The zero-order chi connectivity index (χ0) is 13.1. The third kappa shape index (κ3) is 2.87. The van der Waals surface area contributed by atoms with Crippen molar-refractivity contribution in [2.75, 3.05) is 6.54 Å². The van der Waals surface area contributed by atoms with Gasteiger partial charge in [-0.3, -0.25) is 9.89 Å². The lowest BCUT2D eigenvalue weighted by Gasteiger charge is -2.14. The highest BCUT2D eigenvalue weighted by Gasteiger charge is 2.26. The standard InChI is InChI=1S/C12H20N4O2/c1-7(2)10-14-11(16-15-10)12(18)13-6-8-4-3-5-9(8)17/h7-9,17H,3-6H2,1-2H3,(H,13,18)(H,14,15,16). The first kappa shape index (κ1) is 13.0. The maximum atomic E-state index is 11.8. The molecular formula is C12H20N4O2. The van der Waals surface area contributed by atoms with Gasteiger partial charge in [-0.15, -0.1) is 5.10 Å². The van der Waals surface area contributed by atoms with E-state index < -0.39 is 0 Å². The third-order valence-electron chi connectivity index (χ3n) is 3.40. The molecule has 18 heavy (non-hydrogen) atoms. The van der Waals surface area contributed by atoms with Gasteiger partial charge in [-0.05, 0) is 12.8 Å². The van der Waals surface area contributed by atoms with Gasteiger partial charge in [-0.2, -0.15) is 0 Å². The van der Waals surface area contributed by atoms with Crippen molar-refractivity contribution >= 4 is 5.91 Å². The van der Waals surface area contributed by atoms with Crippen LogP contribution in [-0.4, -0.2) is 38.8 Å². The number of H-pyrrole nitrogens is 1. The van der Waals surface area contributed by atoms with Gasteiger partial charge in [0.05, 0.1) is 6.10 Å². The monoisotopic (exact) mass is 252 g/mol. The Hall–Kier alpha value is -1.43. The largest absolute Gasteiger partial charge is 0.393 e. The molecule has 2 unspecified atom stereocenters. The average molecular weight is 252 g/mol. The lowest BCUT2D eigenvalue weighted by atomic mass is 10.1. The number of rotatable bonds is 4. The van der Waals surface area contributed by atoms with E-state index in [9.17, 15) is 9.90 Å². The number of hydrogen-bond acceptors (Lipinski definition) is 4. The Labute approximate surface area is 106 Å². The van der Waals surface area contributed by atoms with E-state index in [1.807, 2.05) is 13.8 Å². The van der Waals surface area contributed by atoms with Gasteiger partial charge in [0.1, 0.15) is 5.82 Å². The summed E-state index contributed by atoms with van der Waals surface area (Å²) in [6, 6.07) is 0.